The van der Waals surface area contributed by atoms with Crippen LogP contribution < -0.4 is 0 Å². The Morgan fingerprint density at radius 3 is 1.86 bits per heavy atom. The smallest absolute Gasteiger partial charge is 0.336 e. The maximum absolute atomic E-state index is 11.8. The van der Waals surface area contributed by atoms with Gasteiger partial charge in [0.05, 0.1) is 5.56 Å². The third kappa shape index (κ3) is 4.38. The lowest BCUT2D eigenvalue weighted by molar-refractivity contribution is 0.0697. The van der Waals surface area contributed by atoms with Crippen LogP contribution in [0.4, 0.5) is 0 Å². The van der Waals surface area contributed by atoms with Crippen LogP contribution in [0.5, 0.6) is 0 Å². The van der Waals surface area contributed by atoms with Gasteiger partial charge < -0.3 is 5.11 Å². The van der Waals surface area contributed by atoms with Crippen LogP contribution in [-0.4, -0.2) is 11.1 Å². The zero-order valence-electron chi connectivity index (χ0n) is 15.5. The van der Waals surface area contributed by atoms with E-state index in [9.17, 15) is 9.90 Å². The zero-order valence-corrected chi connectivity index (χ0v) is 18.5. The van der Waals surface area contributed by atoms with E-state index in [2.05, 4.69) is 83.3 Å². The Kier molecular flexibility index (Phi) is 6.02. The number of halogens is 1. The van der Waals surface area contributed by atoms with Gasteiger partial charge in [0.15, 0.2) is 0 Å². The number of hydrogen-bond donors (Lipinski definition) is 2. The highest BCUT2D eigenvalue weighted by atomic mass is 127. The molecule has 0 heterocycles. The SMILES string of the molecule is O=C(O)c1ccc(I)cc1-c1cccc([SH](c2ccccc2)c2ccccc2)c1. The molecule has 0 fully saturated rings. The fourth-order valence-corrected chi connectivity index (χ4v) is 6.19. The molecule has 0 atom stereocenters. The van der Waals surface area contributed by atoms with Gasteiger partial charge in [0.2, 0.25) is 0 Å². The summed E-state index contributed by atoms with van der Waals surface area (Å²) in [6, 6.07) is 34.8. The van der Waals surface area contributed by atoms with Crippen molar-refractivity contribution in [1.29, 1.82) is 0 Å². The third-order valence-corrected chi connectivity index (χ3v) is 7.75. The predicted molar refractivity (Wildman–Crippen MR) is 128 cm³/mol. The first-order valence-corrected chi connectivity index (χ1v) is 11.6. The molecule has 0 saturated heterocycles. The fraction of sp³-hybridized carbons (Fsp3) is 0. The summed E-state index contributed by atoms with van der Waals surface area (Å²) in [7, 11) is -0.734. The Balaban J connectivity index is 1.88. The number of thiol groups is 1. The molecule has 0 bridgehead atoms. The van der Waals surface area contributed by atoms with Crippen molar-refractivity contribution < 1.29 is 9.90 Å². The summed E-state index contributed by atoms with van der Waals surface area (Å²) in [5.41, 5.74) is 2.01. The molecule has 0 aliphatic carbocycles. The number of benzene rings is 4. The highest BCUT2D eigenvalue weighted by Crippen LogP contribution is 2.51. The second kappa shape index (κ2) is 8.84. The van der Waals surface area contributed by atoms with Gasteiger partial charge in [-0.15, -0.1) is 0 Å². The lowest BCUT2D eigenvalue weighted by atomic mass is 10.00. The van der Waals surface area contributed by atoms with Crippen molar-refractivity contribution in [1.82, 2.24) is 0 Å². The van der Waals surface area contributed by atoms with Gasteiger partial charge in [-0.25, -0.2) is 4.79 Å². The minimum Gasteiger partial charge on any atom is -0.478 e. The quantitative estimate of drug-likeness (QED) is 0.221. The first-order valence-electron chi connectivity index (χ1n) is 9.17. The summed E-state index contributed by atoms with van der Waals surface area (Å²) in [6.45, 7) is 0. The van der Waals surface area contributed by atoms with Crippen LogP contribution in [-0.2, 0) is 0 Å². The zero-order chi connectivity index (χ0) is 20.2. The summed E-state index contributed by atoms with van der Waals surface area (Å²) in [6.07, 6.45) is 0. The second-order valence-corrected chi connectivity index (χ2v) is 10.0. The number of hydrogen-bond acceptors (Lipinski definition) is 1. The first kappa shape index (κ1) is 19.7. The molecular weight excluding hydrogens is 491 g/mol. The number of aromatic carboxylic acids is 1. The van der Waals surface area contributed by atoms with Gasteiger partial charge in [0.1, 0.15) is 0 Å². The number of carboxylic acid groups (broad SMARTS) is 1. The third-order valence-electron chi connectivity index (χ3n) is 4.66. The van der Waals surface area contributed by atoms with Gasteiger partial charge in [-0.05, 0) is 103 Å². The van der Waals surface area contributed by atoms with Crippen molar-refractivity contribution >= 4 is 39.5 Å². The Hall–Kier alpha value is -2.57. The Morgan fingerprint density at radius 1 is 0.690 bits per heavy atom. The van der Waals surface area contributed by atoms with E-state index in [4.69, 9.17) is 0 Å². The molecule has 0 unspecified atom stereocenters. The molecule has 4 aromatic rings. The van der Waals surface area contributed by atoms with E-state index in [-0.39, 0.29) is 0 Å². The van der Waals surface area contributed by atoms with Crippen molar-refractivity contribution in [2.75, 3.05) is 0 Å². The monoisotopic (exact) mass is 510 g/mol. The molecule has 4 aromatic carbocycles. The Bertz CT molecular complexity index is 1100. The standard InChI is InChI=1S/C25H19IO2S/c26-19-14-15-23(25(27)28)24(17-19)18-8-7-13-22(16-18)29(20-9-3-1-4-10-20)21-11-5-2-6-12-21/h1-17,29H,(H,27,28). The average molecular weight is 510 g/mol. The van der Waals surface area contributed by atoms with Crippen LogP contribution in [0.1, 0.15) is 10.4 Å². The summed E-state index contributed by atoms with van der Waals surface area (Å²) >= 11 is 2.22. The van der Waals surface area contributed by atoms with E-state index >= 15 is 0 Å². The Morgan fingerprint density at radius 2 is 1.28 bits per heavy atom. The summed E-state index contributed by atoms with van der Waals surface area (Å²) < 4.78 is 1.02. The van der Waals surface area contributed by atoms with Gasteiger partial charge in [0.25, 0.3) is 0 Å². The maximum atomic E-state index is 11.8. The first-order chi connectivity index (χ1) is 14.1. The minimum absolute atomic E-state index is 0.325. The molecular formula is C25H19IO2S. The summed E-state index contributed by atoms with van der Waals surface area (Å²) in [5.74, 6) is -0.907. The molecule has 0 aliphatic heterocycles. The molecule has 144 valence electrons. The molecule has 0 saturated carbocycles. The average Bonchev–Trinajstić information content (AvgIpc) is 2.75. The predicted octanol–water partition coefficient (Wildman–Crippen LogP) is 7.13. The van der Waals surface area contributed by atoms with E-state index in [0.717, 1.165) is 14.7 Å². The van der Waals surface area contributed by atoms with Gasteiger partial charge in [-0.1, -0.05) is 48.5 Å². The molecule has 0 spiro atoms. The second-order valence-electron chi connectivity index (χ2n) is 6.55. The molecule has 2 nitrogen and oxygen atoms in total. The van der Waals surface area contributed by atoms with Gasteiger partial charge in [-0.3, -0.25) is 0 Å². The van der Waals surface area contributed by atoms with Gasteiger partial charge in [-0.2, -0.15) is 10.9 Å². The van der Waals surface area contributed by atoms with Crippen LogP contribution in [0.3, 0.4) is 0 Å². The largest absolute Gasteiger partial charge is 0.478 e. The van der Waals surface area contributed by atoms with Gasteiger partial charge in [0, 0.05) is 3.57 Å². The Labute approximate surface area is 186 Å². The van der Waals surface area contributed by atoms with Crippen molar-refractivity contribution in [3.63, 3.8) is 0 Å². The van der Waals surface area contributed by atoms with E-state index < -0.39 is 16.9 Å². The van der Waals surface area contributed by atoms with Crippen LogP contribution in [0.2, 0.25) is 0 Å². The maximum Gasteiger partial charge on any atom is 0.336 e. The number of carbonyl (C=O) groups is 1. The lowest BCUT2D eigenvalue weighted by Crippen LogP contribution is -2.00. The van der Waals surface area contributed by atoms with Crippen molar-refractivity contribution in [3.05, 3.63) is 112 Å². The molecule has 29 heavy (non-hydrogen) atoms. The van der Waals surface area contributed by atoms with Crippen LogP contribution in [0.15, 0.2) is 118 Å². The summed E-state index contributed by atoms with van der Waals surface area (Å²) in [4.78, 5) is 15.5. The lowest BCUT2D eigenvalue weighted by Gasteiger charge is -2.24. The molecule has 0 aromatic heterocycles. The molecule has 0 amide bonds. The van der Waals surface area contributed by atoms with Crippen LogP contribution >= 0.6 is 33.5 Å². The van der Waals surface area contributed by atoms with E-state index in [1.54, 1.807) is 6.07 Å². The molecule has 1 N–H and O–H groups in total. The highest BCUT2D eigenvalue weighted by Gasteiger charge is 2.16. The van der Waals surface area contributed by atoms with Crippen LogP contribution in [0.25, 0.3) is 11.1 Å². The number of rotatable bonds is 5. The molecule has 4 rings (SSSR count). The van der Waals surface area contributed by atoms with E-state index in [1.165, 1.54) is 14.7 Å². The van der Waals surface area contributed by atoms with Crippen molar-refractivity contribution in [2.24, 2.45) is 0 Å². The summed E-state index contributed by atoms with van der Waals surface area (Å²) in [5, 5.41) is 9.65. The minimum atomic E-state index is -0.907. The fourth-order valence-electron chi connectivity index (χ4n) is 3.36. The molecule has 0 aliphatic rings. The number of carboxylic acids is 1. The highest BCUT2D eigenvalue weighted by molar-refractivity contribution is 14.1. The topological polar surface area (TPSA) is 37.3 Å². The van der Waals surface area contributed by atoms with E-state index in [0.29, 0.717) is 5.56 Å². The van der Waals surface area contributed by atoms with E-state index in [1.807, 2.05) is 36.4 Å². The van der Waals surface area contributed by atoms with Crippen molar-refractivity contribution in [2.45, 2.75) is 14.7 Å². The molecule has 4 heteroatoms. The van der Waals surface area contributed by atoms with Gasteiger partial charge >= 0.3 is 5.97 Å². The molecule has 0 radical (unpaired) electrons. The normalized spacial score (nSPS) is 11.1. The van der Waals surface area contributed by atoms with Crippen LogP contribution in [0, 0.1) is 3.57 Å². The van der Waals surface area contributed by atoms with Crippen molar-refractivity contribution in [3.8, 4) is 11.1 Å².